The van der Waals surface area contributed by atoms with Crippen LogP contribution in [-0.4, -0.2) is 43.4 Å². The number of benzene rings is 1. The summed E-state index contributed by atoms with van der Waals surface area (Å²) in [6.45, 7) is 4.83. The van der Waals surface area contributed by atoms with Gasteiger partial charge in [0.15, 0.2) is 5.76 Å². The number of amides is 2. The topological polar surface area (TPSA) is 65.8 Å². The average Bonchev–Trinajstić information content (AvgIpc) is 3.10. The number of rotatable bonds is 4. The number of carbonyl (C=O) groups is 2. The lowest BCUT2D eigenvalue weighted by Crippen LogP contribution is -2.46. The number of piperazine rings is 1. The molecule has 0 spiro atoms. The lowest BCUT2D eigenvalue weighted by Gasteiger charge is -2.35. The van der Waals surface area contributed by atoms with Crippen LogP contribution in [0, 0.1) is 6.92 Å². The van der Waals surface area contributed by atoms with Gasteiger partial charge in [0.25, 0.3) is 5.91 Å². The van der Waals surface area contributed by atoms with Gasteiger partial charge in [-0.1, -0.05) is 6.07 Å². The Kier molecular flexibility index (Phi) is 4.32. The molecule has 1 fully saturated rings. The number of nitrogens with one attached hydrogen (secondary N) is 1. The first-order chi connectivity index (χ1) is 11.2. The molecule has 1 aromatic heterocycles. The fraction of sp³-hybridized carbons (Fsp3) is 0.294. The summed E-state index contributed by atoms with van der Waals surface area (Å²) in [7, 11) is 0. The maximum absolute atomic E-state index is 12.2. The summed E-state index contributed by atoms with van der Waals surface area (Å²) in [6, 6.07) is 9.29. The molecule has 3 rings (SSSR count). The molecule has 0 atom stereocenters. The van der Waals surface area contributed by atoms with E-state index in [1.165, 1.54) is 6.26 Å². The van der Waals surface area contributed by atoms with Crippen molar-refractivity contribution in [1.82, 2.24) is 4.90 Å². The molecule has 120 valence electrons. The van der Waals surface area contributed by atoms with Crippen molar-refractivity contribution in [2.24, 2.45) is 0 Å². The molecule has 2 heterocycles. The number of hydrogen-bond acceptors (Lipinski definition) is 4. The quantitative estimate of drug-likeness (QED) is 0.878. The van der Waals surface area contributed by atoms with Gasteiger partial charge in [-0.05, 0) is 36.8 Å². The van der Waals surface area contributed by atoms with Crippen LogP contribution in [0.5, 0.6) is 0 Å². The highest BCUT2D eigenvalue weighted by molar-refractivity contribution is 6.04. The minimum absolute atomic E-state index is 0.270. The third kappa shape index (κ3) is 3.36. The third-order valence-corrected chi connectivity index (χ3v) is 3.95. The molecular formula is C17H19N3O3. The Morgan fingerprint density at radius 1 is 1.22 bits per heavy atom. The smallest absolute Gasteiger partial charge is 0.291 e. The van der Waals surface area contributed by atoms with Gasteiger partial charge in [0.05, 0.1) is 17.6 Å². The second-order valence-corrected chi connectivity index (χ2v) is 5.58. The van der Waals surface area contributed by atoms with E-state index in [0.717, 1.165) is 36.4 Å². The van der Waals surface area contributed by atoms with Crippen LogP contribution in [0.3, 0.4) is 0 Å². The molecule has 1 aromatic carbocycles. The second-order valence-electron chi connectivity index (χ2n) is 5.58. The first-order valence-corrected chi connectivity index (χ1v) is 7.57. The Labute approximate surface area is 134 Å². The number of carbonyl (C=O) groups excluding carboxylic acids is 2. The third-order valence-electron chi connectivity index (χ3n) is 3.95. The highest BCUT2D eigenvalue weighted by Crippen LogP contribution is 2.28. The Morgan fingerprint density at radius 3 is 2.65 bits per heavy atom. The van der Waals surface area contributed by atoms with Crippen molar-refractivity contribution in [2.45, 2.75) is 6.92 Å². The fourth-order valence-corrected chi connectivity index (χ4v) is 2.69. The van der Waals surface area contributed by atoms with Crippen molar-refractivity contribution < 1.29 is 14.0 Å². The normalized spacial score (nSPS) is 14.7. The maximum Gasteiger partial charge on any atom is 0.291 e. The number of aryl methyl sites for hydroxylation is 1. The van der Waals surface area contributed by atoms with Crippen LogP contribution in [0.25, 0.3) is 0 Å². The molecule has 1 aliphatic rings. The number of nitrogens with zero attached hydrogens (tertiary/aromatic N) is 2. The van der Waals surface area contributed by atoms with Gasteiger partial charge < -0.3 is 19.5 Å². The van der Waals surface area contributed by atoms with E-state index in [1.807, 2.05) is 25.1 Å². The van der Waals surface area contributed by atoms with Gasteiger partial charge in [0.2, 0.25) is 6.41 Å². The monoisotopic (exact) mass is 313 g/mol. The van der Waals surface area contributed by atoms with Crippen LogP contribution < -0.4 is 10.2 Å². The van der Waals surface area contributed by atoms with Crippen molar-refractivity contribution in [2.75, 3.05) is 36.4 Å². The Balaban J connectivity index is 1.81. The molecule has 0 bridgehead atoms. The first kappa shape index (κ1) is 15.1. The van der Waals surface area contributed by atoms with Crippen molar-refractivity contribution in [1.29, 1.82) is 0 Å². The molecule has 2 amide bonds. The average molecular weight is 313 g/mol. The summed E-state index contributed by atoms with van der Waals surface area (Å²) < 4.78 is 5.14. The minimum atomic E-state index is -0.270. The molecule has 6 nitrogen and oxygen atoms in total. The molecule has 0 radical (unpaired) electrons. The summed E-state index contributed by atoms with van der Waals surface area (Å²) in [5.74, 6) is 0.0107. The predicted molar refractivity (Wildman–Crippen MR) is 87.7 cm³/mol. The first-order valence-electron chi connectivity index (χ1n) is 7.57. The fourth-order valence-electron chi connectivity index (χ4n) is 2.69. The summed E-state index contributed by atoms with van der Waals surface area (Å²) in [6.07, 6.45) is 2.36. The highest BCUT2D eigenvalue weighted by atomic mass is 16.3. The number of hydrogen-bond donors (Lipinski definition) is 1. The van der Waals surface area contributed by atoms with Crippen LogP contribution in [0.1, 0.15) is 16.1 Å². The van der Waals surface area contributed by atoms with E-state index in [0.29, 0.717) is 13.1 Å². The Hall–Kier alpha value is -2.76. The van der Waals surface area contributed by atoms with Crippen molar-refractivity contribution in [3.05, 3.63) is 47.9 Å². The van der Waals surface area contributed by atoms with Gasteiger partial charge in [-0.3, -0.25) is 9.59 Å². The summed E-state index contributed by atoms with van der Waals surface area (Å²) in [5.41, 5.74) is 2.78. The van der Waals surface area contributed by atoms with E-state index in [9.17, 15) is 9.59 Å². The Morgan fingerprint density at radius 2 is 2.00 bits per heavy atom. The molecule has 0 saturated carbocycles. The van der Waals surface area contributed by atoms with Crippen LogP contribution in [0.15, 0.2) is 41.0 Å². The summed E-state index contributed by atoms with van der Waals surface area (Å²) in [4.78, 5) is 27.0. The SMILES string of the molecule is Cc1ccc(N2CCN(C=O)CC2)c(NC(=O)c2ccco2)c1. The molecule has 0 aliphatic carbocycles. The van der Waals surface area contributed by atoms with E-state index >= 15 is 0 Å². The lowest BCUT2D eigenvalue weighted by atomic mass is 10.1. The highest BCUT2D eigenvalue weighted by Gasteiger charge is 2.20. The summed E-state index contributed by atoms with van der Waals surface area (Å²) in [5, 5.41) is 2.92. The van der Waals surface area contributed by atoms with E-state index in [4.69, 9.17) is 4.42 Å². The zero-order chi connectivity index (χ0) is 16.2. The van der Waals surface area contributed by atoms with Crippen LogP contribution in [0.4, 0.5) is 11.4 Å². The molecule has 1 aliphatic heterocycles. The Bertz CT molecular complexity index is 689. The number of anilines is 2. The predicted octanol–water partition coefficient (Wildman–Crippen LogP) is 2.12. The van der Waals surface area contributed by atoms with Crippen molar-refractivity contribution in [3.8, 4) is 0 Å². The van der Waals surface area contributed by atoms with Gasteiger partial charge in [-0.25, -0.2) is 0 Å². The van der Waals surface area contributed by atoms with E-state index in [1.54, 1.807) is 17.0 Å². The zero-order valence-electron chi connectivity index (χ0n) is 13.0. The van der Waals surface area contributed by atoms with Crippen LogP contribution in [0.2, 0.25) is 0 Å². The van der Waals surface area contributed by atoms with Crippen LogP contribution >= 0.6 is 0 Å². The molecule has 2 aromatic rings. The number of furan rings is 1. The lowest BCUT2D eigenvalue weighted by molar-refractivity contribution is -0.118. The molecule has 0 unspecified atom stereocenters. The van der Waals surface area contributed by atoms with Gasteiger partial charge in [0, 0.05) is 26.2 Å². The van der Waals surface area contributed by atoms with Gasteiger partial charge in [0.1, 0.15) is 0 Å². The van der Waals surface area contributed by atoms with Gasteiger partial charge >= 0.3 is 0 Å². The van der Waals surface area contributed by atoms with Gasteiger partial charge in [-0.15, -0.1) is 0 Å². The summed E-state index contributed by atoms with van der Waals surface area (Å²) >= 11 is 0. The van der Waals surface area contributed by atoms with E-state index < -0.39 is 0 Å². The minimum Gasteiger partial charge on any atom is -0.459 e. The van der Waals surface area contributed by atoms with E-state index in [2.05, 4.69) is 10.2 Å². The molecule has 23 heavy (non-hydrogen) atoms. The molecule has 1 N–H and O–H groups in total. The molecule has 1 saturated heterocycles. The second kappa shape index (κ2) is 6.56. The standard InChI is InChI=1S/C17H19N3O3/c1-13-4-5-15(20-8-6-19(12-21)7-9-20)14(11-13)18-17(22)16-3-2-10-23-16/h2-5,10-12H,6-9H2,1H3,(H,18,22). The van der Waals surface area contributed by atoms with Crippen LogP contribution in [-0.2, 0) is 4.79 Å². The van der Waals surface area contributed by atoms with Crippen molar-refractivity contribution in [3.63, 3.8) is 0 Å². The largest absolute Gasteiger partial charge is 0.459 e. The van der Waals surface area contributed by atoms with E-state index in [-0.39, 0.29) is 11.7 Å². The van der Waals surface area contributed by atoms with Gasteiger partial charge in [-0.2, -0.15) is 0 Å². The zero-order valence-corrected chi connectivity index (χ0v) is 13.0. The maximum atomic E-state index is 12.2. The molecule has 6 heteroatoms. The molecular weight excluding hydrogens is 294 g/mol. The van der Waals surface area contributed by atoms with Crippen molar-refractivity contribution >= 4 is 23.7 Å².